The zero-order valence-corrected chi connectivity index (χ0v) is 18.5. The summed E-state index contributed by atoms with van der Waals surface area (Å²) in [5.41, 5.74) is 5.99. The first kappa shape index (κ1) is 18.8. The van der Waals surface area contributed by atoms with Gasteiger partial charge in [-0.1, -0.05) is 53.7 Å². The highest BCUT2D eigenvalue weighted by Gasteiger charge is 2.52. The first-order valence-corrected chi connectivity index (χ1v) is 11.5. The van der Waals surface area contributed by atoms with Gasteiger partial charge in [0.2, 0.25) is 0 Å². The highest BCUT2D eigenvalue weighted by molar-refractivity contribution is 7.99. The molecule has 0 spiro atoms. The summed E-state index contributed by atoms with van der Waals surface area (Å²) < 4.78 is 14.2. The molecular weight excluding hydrogens is 406 g/mol. The van der Waals surface area contributed by atoms with Crippen LogP contribution in [0.1, 0.15) is 36.6 Å². The van der Waals surface area contributed by atoms with E-state index in [-0.39, 0.29) is 17.4 Å². The van der Waals surface area contributed by atoms with E-state index in [0.717, 1.165) is 34.0 Å². The zero-order valence-electron chi connectivity index (χ0n) is 17.7. The molecule has 2 aliphatic heterocycles. The maximum Gasteiger partial charge on any atom is 0.316 e. The summed E-state index contributed by atoms with van der Waals surface area (Å²) in [5, 5.41) is 10.6. The predicted molar refractivity (Wildman–Crippen MR) is 121 cm³/mol. The Kier molecular flexibility index (Phi) is 4.09. The summed E-state index contributed by atoms with van der Waals surface area (Å²) in [6.45, 7) is 6.42. The molecule has 5 nitrogen and oxygen atoms in total. The van der Waals surface area contributed by atoms with Crippen LogP contribution in [0.2, 0.25) is 0 Å². The second-order valence-electron chi connectivity index (χ2n) is 8.75. The summed E-state index contributed by atoms with van der Waals surface area (Å²) in [6.07, 6.45) is 0. The predicted octanol–water partition coefficient (Wildman–Crippen LogP) is 5.86. The van der Waals surface area contributed by atoms with Crippen LogP contribution in [0.25, 0.3) is 16.9 Å². The van der Waals surface area contributed by atoms with Crippen LogP contribution in [0.3, 0.4) is 0 Å². The lowest BCUT2D eigenvalue weighted by Gasteiger charge is -2.45. The van der Waals surface area contributed by atoms with Crippen molar-refractivity contribution in [2.75, 3.05) is 5.75 Å². The van der Waals surface area contributed by atoms with Gasteiger partial charge in [-0.05, 0) is 32.9 Å². The van der Waals surface area contributed by atoms with Gasteiger partial charge >= 0.3 is 5.95 Å². The molecule has 6 heteroatoms. The van der Waals surface area contributed by atoms with Gasteiger partial charge < -0.3 is 9.26 Å². The van der Waals surface area contributed by atoms with E-state index < -0.39 is 0 Å². The molecule has 0 unspecified atom stereocenters. The summed E-state index contributed by atoms with van der Waals surface area (Å²) in [4.78, 5) is 0. The number of rotatable bonds is 2. The second-order valence-corrected chi connectivity index (χ2v) is 9.76. The Morgan fingerprint density at radius 2 is 1.71 bits per heavy atom. The summed E-state index contributed by atoms with van der Waals surface area (Å²) in [7, 11) is 0. The van der Waals surface area contributed by atoms with E-state index in [1.807, 2.05) is 36.0 Å². The normalized spacial score (nSPS) is 21.0. The number of nitrogens with zero attached hydrogens (tertiary/aromatic N) is 3. The fraction of sp³-hybridized carbons (Fsp3) is 0.280. The molecule has 0 fully saturated rings. The fourth-order valence-electron chi connectivity index (χ4n) is 4.92. The van der Waals surface area contributed by atoms with Crippen molar-refractivity contribution in [2.45, 2.75) is 37.3 Å². The first-order valence-electron chi connectivity index (χ1n) is 10.6. The molecule has 6 rings (SSSR count). The van der Waals surface area contributed by atoms with Crippen molar-refractivity contribution >= 4 is 11.8 Å². The molecule has 0 N–H and O–H groups in total. The number of aryl methyl sites for hydroxylation is 1. The third-order valence-electron chi connectivity index (χ3n) is 6.48. The molecular formula is C25H23N3O2S. The van der Waals surface area contributed by atoms with Crippen LogP contribution in [0.5, 0.6) is 5.95 Å². The van der Waals surface area contributed by atoms with Crippen molar-refractivity contribution in [3.8, 4) is 22.9 Å². The topological polar surface area (TPSA) is 53.1 Å². The standard InChI is InChI=1S/C25H23N3O2S/c1-15-19-20-18(14-31-23(19)28(26-15)17-12-8-5-9-13-17)25(2,3)29-24-21(20)22(27-30-24)16-10-6-4-7-11-16/h4-13,18,20H,14H2,1-3H3/t18-,20-/m1/s1. The van der Waals surface area contributed by atoms with Gasteiger partial charge in [-0.15, -0.1) is 11.8 Å². The summed E-state index contributed by atoms with van der Waals surface area (Å²) in [6, 6.07) is 20.6. The Bertz CT molecular complexity index is 1260. The number of thioether (sulfide) groups is 1. The summed E-state index contributed by atoms with van der Waals surface area (Å²) in [5.74, 6) is 1.89. The van der Waals surface area contributed by atoms with Crippen LogP contribution < -0.4 is 4.74 Å². The molecule has 0 radical (unpaired) electrons. The zero-order chi connectivity index (χ0) is 21.2. The molecule has 0 bridgehead atoms. The van der Waals surface area contributed by atoms with Crippen molar-refractivity contribution in [3.05, 3.63) is 77.5 Å². The maximum absolute atomic E-state index is 6.37. The van der Waals surface area contributed by atoms with E-state index in [4.69, 9.17) is 14.4 Å². The number of aromatic nitrogens is 3. The van der Waals surface area contributed by atoms with Gasteiger partial charge in [0.15, 0.2) is 0 Å². The van der Waals surface area contributed by atoms with E-state index in [1.165, 1.54) is 10.6 Å². The Balaban J connectivity index is 1.59. The van der Waals surface area contributed by atoms with Crippen molar-refractivity contribution in [3.63, 3.8) is 0 Å². The number of fused-ring (bicyclic) bond motifs is 5. The molecule has 0 aliphatic carbocycles. The average molecular weight is 430 g/mol. The molecule has 156 valence electrons. The molecule has 0 saturated heterocycles. The summed E-state index contributed by atoms with van der Waals surface area (Å²) >= 11 is 1.87. The van der Waals surface area contributed by atoms with E-state index in [2.05, 4.69) is 67.0 Å². The Labute approximate surface area is 185 Å². The van der Waals surface area contributed by atoms with Crippen LogP contribution in [0, 0.1) is 12.8 Å². The third-order valence-corrected chi connectivity index (χ3v) is 7.67. The molecule has 4 heterocycles. The number of ether oxygens (including phenoxy) is 1. The molecule has 0 amide bonds. The van der Waals surface area contributed by atoms with Gasteiger partial charge in [-0.25, -0.2) is 4.68 Å². The Hall–Kier alpha value is -2.99. The van der Waals surface area contributed by atoms with Crippen LogP contribution >= 0.6 is 11.8 Å². The van der Waals surface area contributed by atoms with Gasteiger partial charge in [-0.3, -0.25) is 0 Å². The van der Waals surface area contributed by atoms with Crippen LogP contribution in [0.15, 0.2) is 70.2 Å². The fourth-order valence-corrected chi connectivity index (χ4v) is 6.55. The van der Waals surface area contributed by atoms with Crippen LogP contribution in [0.4, 0.5) is 0 Å². The van der Waals surface area contributed by atoms with Crippen molar-refractivity contribution in [2.24, 2.45) is 5.92 Å². The van der Waals surface area contributed by atoms with Gasteiger partial charge in [-0.2, -0.15) is 5.10 Å². The highest BCUT2D eigenvalue weighted by atomic mass is 32.2. The number of hydrogen-bond donors (Lipinski definition) is 0. The average Bonchev–Trinajstić information content (AvgIpc) is 3.35. The van der Waals surface area contributed by atoms with E-state index >= 15 is 0 Å². The maximum atomic E-state index is 6.37. The molecule has 2 aromatic heterocycles. The number of hydrogen-bond acceptors (Lipinski definition) is 5. The van der Waals surface area contributed by atoms with Crippen LogP contribution in [-0.4, -0.2) is 26.3 Å². The second kappa shape index (κ2) is 6.76. The lowest BCUT2D eigenvalue weighted by molar-refractivity contribution is -0.000951. The minimum absolute atomic E-state index is 0.119. The van der Waals surface area contributed by atoms with Crippen molar-refractivity contribution < 1.29 is 9.26 Å². The number of benzene rings is 2. The molecule has 2 aromatic carbocycles. The van der Waals surface area contributed by atoms with E-state index in [9.17, 15) is 0 Å². The van der Waals surface area contributed by atoms with Gasteiger partial charge in [0.1, 0.15) is 16.3 Å². The number of para-hydroxylation sites is 1. The molecule has 31 heavy (non-hydrogen) atoms. The van der Waals surface area contributed by atoms with Gasteiger partial charge in [0.25, 0.3) is 0 Å². The molecule has 2 aliphatic rings. The van der Waals surface area contributed by atoms with Crippen LogP contribution in [-0.2, 0) is 0 Å². The first-order chi connectivity index (χ1) is 15.0. The lowest BCUT2D eigenvalue weighted by Crippen LogP contribution is -2.47. The largest absolute Gasteiger partial charge is 0.457 e. The minimum Gasteiger partial charge on any atom is -0.457 e. The van der Waals surface area contributed by atoms with Crippen molar-refractivity contribution in [1.82, 2.24) is 14.9 Å². The minimum atomic E-state index is -0.364. The van der Waals surface area contributed by atoms with Gasteiger partial charge in [0.05, 0.1) is 16.9 Å². The van der Waals surface area contributed by atoms with E-state index in [0.29, 0.717) is 5.95 Å². The molecule has 4 aromatic rings. The van der Waals surface area contributed by atoms with Crippen molar-refractivity contribution in [1.29, 1.82) is 0 Å². The highest BCUT2D eigenvalue weighted by Crippen LogP contribution is 2.57. The molecule has 0 saturated carbocycles. The smallest absolute Gasteiger partial charge is 0.316 e. The quantitative estimate of drug-likeness (QED) is 0.399. The van der Waals surface area contributed by atoms with Gasteiger partial charge in [0, 0.05) is 28.7 Å². The lowest BCUT2D eigenvalue weighted by atomic mass is 9.71. The molecule has 2 atom stereocenters. The SMILES string of the molecule is Cc1nn(-c2ccccc2)c2c1[C@@H]1c3c(-c4ccccc4)noc3OC(C)(C)[C@@H]1CS2. The Morgan fingerprint density at radius 3 is 2.45 bits per heavy atom. The third kappa shape index (κ3) is 2.78. The Morgan fingerprint density at radius 1 is 1.00 bits per heavy atom. The monoisotopic (exact) mass is 429 g/mol. The van der Waals surface area contributed by atoms with E-state index in [1.54, 1.807) is 0 Å².